The van der Waals surface area contributed by atoms with Crippen LogP contribution in [0.5, 0.6) is 0 Å². The van der Waals surface area contributed by atoms with Gasteiger partial charge in [0.1, 0.15) is 0 Å². The molecule has 1 fully saturated rings. The molecule has 4 rings (SSSR count). The highest BCUT2D eigenvalue weighted by Crippen LogP contribution is 2.31. The standard InChI is InChI=1S/C21H20N2O4S2/c24-19(23-9-11-26-12-10-23)13-27-20(25)16-7-5-15(6-8-16)14-28-21-22-17-3-1-2-4-18(17)29-21/h1-8H,9-14H2. The van der Waals surface area contributed by atoms with E-state index in [0.29, 0.717) is 31.9 Å². The van der Waals surface area contributed by atoms with Crippen LogP contribution in [-0.4, -0.2) is 54.7 Å². The Hall–Kier alpha value is -2.42. The number of esters is 1. The average Bonchev–Trinajstić information content (AvgIpc) is 3.20. The third-order valence-electron chi connectivity index (χ3n) is 4.52. The predicted octanol–water partition coefficient (Wildman–Crippen LogP) is 3.60. The van der Waals surface area contributed by atoms with Crippen LogP contribution in [0.25, 0.3) is 10.2 Å². The molecule has 1 aromatic heterocycles. The van der Waals surface area contributed by atoms with Crippen LogP contribution >= 0.6 is 23.1 Å². The van der Waals surface area contributed by atoms with E-state index in [1.54, 1.807) is 40.1 Å². The zero-order valence-corrected chi connectivity index (χ0v) is 17.3. The van der Waals surface area contributed by atoms with Crippen LogP contribution in [0.15, 0.2) is 52.9 Å². The second kappa shape index (κ2) is 9.39. The highest BCUT2D eigenvalue weighted by Gasteiger charge is 2.18. The van der Waals surface area contributed by atoms with Gasteiger partial charge in [-0.15, -0.1) is 11.3 Å². The second-order valence-corrected chi connectivity index (χ2v) is 8.76. The molecule has 0 N–H and O–H groups in total. The number of thioether (sulfide) groups is 1. The van der Waals surface area contributed by atoms with Crippen molar-refractivity contribution in [2.24, 2.45) is 0 Å². The number of amides is 1. The summed E-state index contributed by atoms with van der Waals surface area (Å²) in [5.74, 6) is 0.0903. The fraction of sp³-hybridized carbons (Fsp3) is 0.286. The highest BCUT2D eigenvalue weighted by molar-refractivity contribution is 8.00. The quantitative estimate of drug-likeness (QED) is 0.441. The highest BCUT2D eigenvalue weighted by atomic mass is 32.2. The number of hydrogen-bond donors (Lipinski definition) is 0. The van der Waals surface area contributed by atoms with Gasteiger partial charge in [-0.25, -0.2) is 9.78 Å². The molecule has 2 aromatic carbocycles. The molecule has 0 spiro atoms. The molecule has 0 saturated carbocycles. The lowest BCUT2D eigenvalue weighted by Gasteiger charge is -2.26. The van der Waals surface area contributed by atoms with E-state index in [1.165, 1.54) is 4.70 Å². The number of carbonyl (C=O) groups excluding carboxylic acids is 2. The van der Waals surface area contributed by atoms with Crippen LogP contribution in [0.3, 0.4) is 0 Å². The van der Waals surface area contributed by atoms with E-state index in [1.807, 2.05) is 30.3 Å². The Balaban J connectivity index is 1.27. The normalized spacial score (nSPS) is 14.1. The number of fused-ring (bicyclic) bond motifs is 1. The number of para-hydroxylation sites is 1. The summed E-state index contributed by atoms with van der Waals surface area (Å²) in [7, 11) is 0. The summed E-state index contributed by atoms with van der Waals surface area (Å²) in [6.45, 7) is 1.88. The van der Waals surface area contributed by atoms with E-state index in [9.17, 15) is 9.59 Å². The van der Waals surface area contributed by atoms with Crippen LogP contribution in [0.4, 0.5) is 0 Å². The molecular formula is C21H20N2O4S2. The van der Waals surface area contributed by atoms with Gasteiger partial charge in [0.05, 0.1) is 29.0 Å². The minimum absolute atomic E-state index is 0.189. The van der Waals surface area contributed by atoms with Gasteiger partial charge < -0.3 is 14.4 Å². The lowest BCUT2D eigenvalue weighted by atomic mass is 10.1. The van der Waals surface area contributed by atoms with Gasteiger partial charge in [-0.3, -0.25) is 4.79 Å². The fourth-order valence-electron chi connectivity index (χ4n) is 2.91. The number of aromatic nitrogens is 1. The Morgan fingerprint density at radius 3 is 2.62 bits per heavy atom. The molecule has 1 aliphatic heterocycles. The van der Waals surface area contributed by atoms with Crippen molar-refractivity contribution < 1.29 is 19.1 Å². The van der Waals surface area contributed by atoms with Crippen LogP contribution in [0.2, 0.25) is 0 Å². The molecule has 0 atom stereocenters. The summed E-state index contributed by atoms with van der Waals surface area (Å²) in [5.41, 5.74) is 2.55. The zero-order chi connectivity index (χ0) is 20.1. The first-order valence-corrected chi connectivity index (χ1v) is 11.1. The van der Waals surface area contributed by atoms with Crippen molar-refractivity contribution >= 4 is 45.2 Å². The number of benzene rings is 2. The molecule has 0 radical (unpaired) electrons. The number of hydrogen-bond acceptors (Lipinski definition) is 7. The number of nitrogens with zero attached hydrogens (tertiary/aromatic N) is 2. The summed E-state index contributed by atoms with van der Waals surface area (Å²) in [4.78, 5) is 30.5. The number of carbonyl (C=O) groups is 2. The molecular weight excluding hydrogens is 408 g/mol. The van der Waals surface area contributed by atoms with Crippen molar-refractivity contribution in [2.75, 3.05) is 32.9 Å². The van der Waals surface area contributed by atoms with Gasteiger partial charge in [0.2, 0.25) is 0 Å². The van der Waals surface area contributed by atoms with Crippen LogP contribution in [0.1, 0.15) is 15.9 Å². The molecule has 0 aliphatic carbocycles. The second-order valence-electron chi connectivity index (χ2n) is 6.50. The minimum Gasteiger partial charge on any atom is -0.452 e. The molecule has 0 bridgehead atoms. The molecule has 150 valence electrons. The SMILES string of the molecule is O=C(OCC(=O)N1CCOCC1)c1ccc(CSc2nc3ccccc3s2)cc1. The van der Waals surface area contributed by atoms with Gasteiger partial charge in [0.15, 0.2) is 10.9 Å². The first kappa shape index (κ1) is 19.9. The molecule has 6 nitrogen and oxygen atoms in total. The summed E-state index contributed by atoms with van der Waals surface area (Å²) in [6.07, 6.45) is 0. The van der Waals surface area contributed by atoms with Crippen LogP contribution in [0, 0.1) is 0 Å². The Morgan fingerprint density at radius 2 is 1.86 bits per heavy atom. The lowest BCUT2D eigenvalue weighted by Crippen LogP contribution is -2.42. The topological polar surface area (TPSA) is 68.7 Å². The van der Waals surface area contributed by atoms with Gasteiger partial charge in [-0.1, -0.05) is 36.0 Å². The third kappa shape index (κ3) is 5.14. The molecule has 29 heavy (non-hydrogen) atoms. The van der Waals surface area contributed by atoms with Crippen LogP contribution < -0.4 is 0 Å². The monoisotopic (exact) mass is 428 g/mol. The van der Waals surface area contributed by atoms with Crippen molar-refractivity contribution in [1.82, 2.24) is 9.88 Å². The molecule has 3 aromatic rings. The van der Waals surface area contributed by atoms with E-state index in [2.05, 4.69) is 11.1 Å². The van der Waals surface area contributed by atoms with E-state index in [4.69, 9.17) is 9.47 Å². The Morgan fingerprint density at radius 1 is 1.10 bits per heavy atom. The summed E-state index contributed by atoms with van der Waals surface area (Å²) >= 11 is 3.35. The van der Waals surface area contributed by atoms with Crippen molar-refractivity contribution in [2.45, 2.75) is 10.1 Å². The Bertz CT molecular complexity index is 964. The zero-order valence-electron chi connectivity index (χ0n) is 15.7. The predicted molar refractivity (Wildman–Crippen MR) is 113 cm³/mol. The fourth-order valence-corrected chi connectivity index (χ4v) is 4.93. The molecule has 1 aliphatic rings. The summed E-state index contributed by atoms with van der Waals surface area (Å²) < 4.78 is 12.6. The van der Waals surface area contributed by atoms with Crippen LogP contribution in [-0.2, 0) is 20.0 Å². The lowest BCUT2D eigenvalue weighted by molar-refractivity contribution is -0.138. The van der Waals surface area contributed by atoms with Crippen molar-refractivity contribution in [3.63, 3.8) is 0 Å². The summed E-state index contributed by atoms with van der Waals surface area (Å²) in [5, 5.41) is 0. The number of thiazole rings is 1. The molecule has 0 unspecified atom stereocenters. The first-order chi connectivity index (χ1) is 14.2. The maximum Gasteiger partial charge on any atom is 0.338 e. The van der Waals surface area contributed by atoms with E-state index in [-0.39, 0.29) is 12.5 Å². The largest absolute Gasteiger partial charge is 0.452 e. The molecule has 2 heterocycles. The number of rotatable bonds is 6. The maximum atomic E-state index is 12.2. The molecule has 8 heteroatoms. The molecule has 1 amide bonds. The van der Waals surface area contributed by atoms with E-state index >= 15 is 0 Å². The van der Waals surface area contributed by atoms with Crippen molar-refractivity contribution in [1.29, 1.82) is 0 Å². The Kier molecular flexibility index (Phi) is 6.43. The minimum atomic E-state index is -0.489. The smallest absolute Gasteiger partial charge is 0.338 e. The maximum absolute atomic E-state index is 12.2. The van der Waals surface area contributed by atoms with Gasteiger partial charge in [0, 0.05) is 18.8 Å². The van der Waals surface area contributed by atoms with E-state index < -0.39 is 5.97 Å². The first-order valence-electron chi connectivity index (χ1n) is 9.29. The van der Waals surface area contributed by atoms with Gasteiger partial charge >= 0.3 is 5.97 Å². The number of ether oxygens (including phenoxy) is 2. The van der Waals surface area contributed by atoms with Crippen molar-refractivity contribution in [3.8, 4) is 0 Å². The van der Waals surface area contributed by atoms with Gasteiger partial charge in [-0.05, 0) is 29.8 Å². The molecule has 1 saturated heterocycles. The summed E-state index contributed by atoms with van der Waals surface area (Å²) in [6, 6.07) is 15.4. The van der Waals surface area contributed by atoms with Crippen molar-refractivity contribution in [3.05, 3.63) is 59.7 Å². The van der Waals surface area contributed by atoms with E-state index in [0.717, 1.165) is 21.2 Å². The number of morpholine rings is 1. The Labute approximate surface area is 176 Å². The van der Waals surface area contributed by atoms with Gasteiger partial charge in [-0.2, -0.15) is 0 Å². The third-order valence-corrected chi connectivity index (χ3v) is 6.77. The van der Waals surface area contributed by atoms with Gasteiger partial charge in [0.25, 0.3) is 5.91 Å². The average molecular weight is 429 g/mol.